The zero-order chi connectivity index (χ0) is 10.2. The Labute approximate surface area is 77.0 Å². The van der Waals surface area contributed by atoms with Gasteiger partial charge in [-0.25, -0.2) is 4.57 Å². The highest BCUT2D eigenvalue weighted by molar-refractivity contribution is 7.47. The van der Waals surface area contributed by atoms with Crippen molar-refractivity contribution in [2.75, 3.05) is 33.0 Å². The number of aliphatic hydroxyl groups excluding tert-OH is 1. The first-order valence-electron chi connectivity index (χ1n) is 3.93. The van der Waals surface area contributed by atoms with Gasteiger partial charge in [0.1, 0.15) is 0 Å². The lowest BCUT2D eigenvalue weighted by atomic mass is 10.7. The van der Waals surface area contributed by atoms with E-state index in [4.69, 9.17) is 14.7 Å². The summed E-state index contributed by atoms with van der Waals surface area (Å²) >= 11 is 0. The maximum Gasteiger partial charge on any atom is 0.472 e. The molecule has 80 valence electrons. The van der Waals surface area contributed by atoms with Gasteiger partial charge in [0.25, 0.3) is 0 Å². The summed E-state index contributed by atoms with van der Waals surface area (Å²) in [6.07, 6.45) is 0. The van der Waals surface area contributed by atoms with Crippen LogP contribution in [0.4, 0.5) is 0 Å². The Kier molecular flexibility index (Phi) is 7.45. The molecule has 0 bridgehead atoms. The van der Waals surface area contributed by atoms with E-state index in [-0.39, 0.29) is 33.0 Å². The molecule has 0 aliphatic heterocycles. The van der Waals surface area contributed by atoms with E-state index in [0.29, 0.717) is 0 Å². The molecule has 0 aromatic carbocycles. The van der Waals surface area contributed by atoms with E-state index >= 15 is 0 Å². The van der Waals surface area contributed by atoms with Crippen molar-refractivity contribution in [3.05, 3.63) is 0 Å². The Morgan fingerprint density at radius 2 is 1.92 bits per heavy atom. The average Bonchev–Trinajstić information content (AvgIpc) is 2.04. The summed E-state index contributed by atoms with van der Waals surface area (Å²) in [5.41, 5.74) is 0. The van der Waals surface area contributed by atoms with E-state index in [1.165, 1.54) is 0 Å². The second-order valence-electron chi connectivity index (χ2n) is 2.06. The smallest absolute Gasteiger partial charge is 0.394 e. The van der Waals surface area contributed by atoms with Gasteiger partial charge in [0.15, 0.2) is 0 Å². The fraction of sp³-hybridized carbons (Fsp3) is 1.00. The molecule has 6 nitrogen and oxygen atoms in total. The molecule has 0 radical (unpaired) electrons. The summed E-state index contributed by atoms with van der Waals surface area (Å²) in [6, 6.07) is 0. The van der Waals surface area contributed by atoms with Crippen LogP contribution in [0, 0.1) is 0 Å². The molecule has 13 heavy (non-hydrogen) atoms. The molecule has 0 fully saturated rings. The van der Waals surface area contributed by atoms with Crippen LogP contribution in [0.2, 0.25) is 0 Å². The van der Waals surface area contributed by atoms with E-state index in [0.717, 1.165) is 0 Å². The fourth-order valence-electron chi connectivity index (χ4n) is 0.579. The van der Waals surface area contributed by atoms with Crippen LogP contribution in [0.5, 0.6) is 0 Å². The number of phosphoric ester groups is 1. The van der Waals surface area contributed by atoms with Crippen molar-refractivity contribution in [2.45, 2.75) is 6.92 Å². The number of ether oxygens (including phenoxy) is 1. The summed E-state index contributed by atoms with van der Waals surface area (Å²) in [7, 11) is -3.88. The summed E-state index contributed by atoms with van der Waals surface area (Å²) < 4.78 is 24.6. The van der Waals surface area contributed by atoms with Gasteiger partial charge in [-0.2, -0.15) is 0 Å². The summed E-state index contributed by atoms with van der Waals surface area (Å²) in [5, 5.41) is 8.32. The Bertz CT molecular complexity index is 161. The molecular formula is C6H15O6P. The molecule has 0 saturated heterocycles. The largest absolute Gasteiger partial charge is 0.472 e. The number of hydrogen-bond donors (Lipinski definition) is 2. The Balaban J connectivity index is 3.35. The molecular weight excluding hydrogens is 199 g/mol. The van der Waals surface area contributed by atoms with Gasteiger partial charge in [0.2, 0.25) is 0 Å². The van der Waals surface area contributed by atoms with Crippen LogP contribution in [-0.2, 0) is 18.3 Å². The Morgan fingerprint density at radius 1 is 1.23 bits per heavy atom. The number of phosphoric acid groups is 1. The molecule has 0 aliphatic rings. The van der Waals surface area contributed by atoms with Crippen molar-refractivity contribution in [3.8, 4) is 0 Å². The highest BCUT2D eigenvalue weighted by atomic mass is 31.2. The average molecular weight is 214 g/mol. The Morgan fingerprint density at radius 3 is 2.46 bits per heavy atom. The van der Waals surface area contributed by atoms with Crippen molar-refractivity contribution < 1.29 is 28.3 Å². The predicted octanol–water partition coefficient (Wildman–Crippen LogP) is 0.149. The maximum absolute atomic E-state index is 10.9. The molecule has 0 spiro atoms. The summed E-state index contributed by atoms with van der Waals surface area (Å²) in [4.78, 5) is 8.88. The van der Waals surface area contributed by atoms with Gasteiger partial charge in [-0.15, -0.1) is 0 Å². The van der Waals surface area contributed by atoms with E-state index in [1.54, 1.807) is 6.92 Å². The van der Waals surface area contributed by atoms with Crippen LogP contribution >= 0.6 is 7.82 Å². The van der Waals surface area contributed by atoms with Crippen molar-refractivity contribution >= 4 is 7.82 Å². The van der Waals surface area contributed by atoms with Gasteiger partial charge in [-0.05, 0) is 6.92 Å². The molecule has 0 rings (SSSR count). The van der Waals surface area contributed by atoms with Gasteiger partial charge >= 0.3 is 7.82 Å². The lowest BCUT2D eigenvalue weighted by Crippen LogP contribution is -2.07. The van der Waals surface area contributed by atoms with Crippen LogP contribution in [-0.4, -0.2) is 43.0 Å². The van der Waals surface area contributed by atoms with E-state index in [9.17, 15) is 4.57 Å². The first-order valence-corrected chi connectivity index (χ1v) is 5.42. The third-order valence-electron chi connectivity index (χ3n) is 1.01. The topological polar surface area (TPSA) is 85.2 Å². The quantitative estimate of drug-likeness (QED) is 0.442. The zero-order valence-electron chi connectivity index (χ0n) is 7.51. The van der Waals surface area contributed by atoms with Gasteiger partial charge in [-0.1, -0.05) is 0 Å². The minimum atomic E-state index is -3.88. The molecule has 0 amide bonds. The van der Waals surface area contributed by atoms with Gasteiger partial charge in [-0.3, -0.25) is 9.05 Å². The van der Waals surface area contributed by atoms with Crippen molar-refractivity contribution in [1.29, 1.82) is 0 Å². The monoisotopic (exact) mass is 214 g/mol. The first-order chi connectivity index (χ1) is 6.12. The van der Waals surface area contributed by atoms with Crippen LogP contribution in [0.25, 0.3) is 0 Å². The molecule has 1 atom stereocenters. The molecule has 0 saturated carbocycles. The van der Waals surface area contributed by atoms with Crippen molar-refractivity contribution in [3.63, 3.8) is 0 Å². The molecule has 7 heteroatoms. The molecule has 0 aliphatic carbocycles. The van der Waals surface area contributed by atoms with Gasteiger partial charge in [0.05, 0.1) is 33.0 Å². The molecule has 2 N–H and O–H groups in total. The van der Waals surface area contributed by atoms with Crippen LogP contribution in [0.1, 0.15) is 6.92 Å². The maximum atomic E-state index is 10.9. The molecule has 0 heterocycles. The van der Waals surface area contributed by atoms with Crippen LogP contribution in [0.3, 0.4) is 0 Å². The lowest BCUT2D eigenvalue weighted by molar-refractivity contribution is 0.0574. The van der Waals surface area contributed by atoms with E-state index < -0.39 is 7.82 Å². The van der Waals surface area contributed by atoms with E-state index in [2.05, 4.69) is 9.05 Å². The Hall–Kier alpha value is 0.0300. The minimum Gasteiger partial charge on any atom is -0.394 e. The molecule has 0 aromatic rings. The standard InChI is InChI=1S/C6H15O6P/c1-2-11-13(8,9)12-6-5-10-4-3-7/h7H,2-6H2,1H3,(H,8,9). The summed E-state index contributed by atoms with van der Waals surface area (Å²) in [6.45, 7) is 1.93. The van der Waals surface area contributed by atoms with Crippen LogP contribution < -0.4 is 0 Å². The van der Waals surface area contributed by atoms with Crippen molar-refractivity contribution in [2.24, 2.45) is 0 Å². The van der Waals surface area contributed by atoms with Crippen LogP contribution in [0.15, 0.2) is 0 Å². The van der Waals surface area contributed by atoms with Crippen molar-refractivity contribution in [1.82, 2.24) is 0 Å². The highest BCUT2D eigenvalue weighted by Gasteiger charge is 2.18. The highest BCUT2D eigenvalue weighted by Crippen LogP contribution is 2.42. The van der Waals surface area contributed by atoms with Gasteiger partial charge in [0, 0.05) is 0 Å². The second kappa shape index (κ2) is 7.44. The molecule has 0 aromatic heterocycles. The minimum absolute atomic E-state index is 0.0340. The normalized spacial score (nSPS) is 15.6. The summed E-state index contributed by atoms with van der Waals surface area (Å²) in [5.74, 6) is 0. The number of hydrogen-bond acceptors (Lipinski definition) is 5. The number of aliphatic hydroxyl groups is 1. The lowest BCUT2D eigenvalue weighted by Gasteiger charge is -2.10. The third-order valence-corrected chi connectivity index (χ3v) is 2.10. The number of rotatable bonds is 8. The predicted molar refractivity (Wildman–Crippen MR) is 45.3 cm³/mol. The SMILES string of the molecule is CCOP(=O)(O)OCCOCCO. The first kappa shape index (κ1) is 13.0. The third kappa shape index (κ3) is 8.36. The van der Waals surface area contributed by atoms with E-state index in [1.807, 2.05) is 0 Å². The van der Waals surface area contributed by atoms with Gasteiger partial charge < -0.3 is 14.7 Å². The molecule has 1 unspecified atom stereocenters. The fourth-order valence-corrected chi connectivity index (χ4v) is 1.28. The second-order valence-corrected chi connectivity index (χ2v) is 3.51. The zero-order valence-corrected chi connectivity index (χ0v) is 8.40.